The third kappa shape index (κ3) is 5.45. The molecule has 0 spiro atoms. The number of alkyl halides is 3. The molecular formula is C28H22F3NO5. The van der Waals surface area contributed by atoms with Gasteiger partial charge in [-0.2, -0.15) is 13.2 Å². The van der Waals surface area contributed by atoms with E-state index in [0.717, 1.165) is 34.4 Å². The third-order valence-electron chi connectivity index (χ3n) is 6.27. The van der Waals surface area contributed by atoms with Gasteiger partial charge in [-0.3, -0.25) is 4.79 Å². The predicted molar refractivity (Wildman–Crippen MR) is 127 cm³/mol. The van der Waals surface area contributed by atoms with E-state index in [0.29, 0.717) is 29.2 Å². The fourth-order valence-corrected chi connectivity index (χ4v) is 4.40. The van der Waals surface area contributed by atoms with Gasteiger partial charge in [0.05, 0.1) is 16.8 Å². The van der Waals surface area contributed by atoms with Crippen LogP contribution in [0.2, 0.25) is 0 Å². The molecule has 0 saturated heterocycles. The van der Waals surface area contributed by atoms with Crippen LogP contribution in [0.3, 0.4) is 0 Å². The van der Waals surface area contributed by atoms with Crippen LogP contribution < -0.4 is 9.47 Å². The van der Waals surface area contributed by atoms with E-state index < -0.39 is 17.7 Å². The first-order chi connectivity index (χ1) is 17.8. The van der Waals surface area contributed by atoms with Crippen LogP contribution >= 0.6 is 0 Å². The molecule has 1 unspecified atom stereocenters. The lowest BCUT2D eigenvalue weighted by Gasteiger charge is -2.17. The lowest BCUT2D eigenvalue weighted by atomic mass is 9.89. The number of carboxylic acid groups (broad SMARTS) is 1. The van der Waals surface area contributed by atoms with Crippen molar-refractivity contribution in [3.8, 4) is 22.6 Å². The van der Waals surface area contributed by atoms with Gasteiger partial charge in [0, 0.05) is 24.0 Å². The van der Waals surface area contributed by atoms with Gasteiger partial charge in [0.1, 0.15) is 31.0 Å². The van der Waals surface area contributed by atoms with Gasteiger partial charge in [-0.1, -0.05) is 41.6 Å². The van der Waals surface area contributed by atoms with Gasteiger partial charge in [-0.05, 0) is 47.4 Å². The molecule has 1 aromatic heterocycles. The highest BCUT2D eigenvalue weighted by Gasteiger charge is 2.30. The summed E-state index contributed by atoms with van der Waals surface area (Å²) in [6.45, 7) is 0.482. The average Bonchev–Trinajstić information content (AvgIpc) is 3.29. The minimum atomic E-state index is -4.38. The number of ether oxygens (including phenoxy) is 2. The number of aliphatic carboxylic acids is 1. The van der Waals surface area contributed by atoms with E-state index in [9.17, 15) is 23.1 Å². The minimum Gasteiger partial charge on any atom is -0.489 e. The predicted octanol–water partition coefficient (Wildman–Crippen LogP) is 6.83. The highest BCUT2D eigenvalue weighted by molar-refractivity contribution is 5.67. The molecule has 9 heteroatoms. The van der Waals surface area contributed by atoms with Crippen molar-refractivity contribution in [3.05, 3.63) is 101 Å². The maximum atomic E-state index is 12.9. The van der Waals surface area contributed by atoms with Crippen molar-refractivity contribution in [3.63, 3.8) is 0 Å². The summed E-state index contributed by atoms with van der Waals surface area (Å²) in [7, 11) is 0. The minimum absolute atomic E-state index is 0.0239. The summed E-state index contributed by atoms with van der Waals surface area (Å²) in [5, 5.41) is 13.3. The van der Waals surface area contributed by atoms with Gasteiger partial charge >= 0.3 is 12.1 Å². The number of hydrogen-bond donors (Lipinski definition) is 1. The molecule has 0 bridgehead atoms. The second-order valence-corrected chi connectivity index (χ2v) is 8.76. The van der Waals surface area contributed by atoms with Gasteiger partial charge in [-0.15, -0.1) is 0 Å². The van der Waals surface area contributed by atoms with Crippen LogP contribution in [0.15, 0.2) is 77.5 Å². The third-order valence-corrected chi connectivity index (χ3v) is 6.27. The molecule has 0 amide bonds. The Kier molecular flexibility index (Phi) is 6.60. The highest BCUT2D eigenvalue weighted by Crippen LogP contribution is 2.41. The van der Waals surface area contributed by atoms with Gasteiger partial charge < -0.3 is 19.1 Å². The molecule has 1 aliphatic rings. The van der Waals surface area contributed by atoms with Crippen LogP contribution in [-0.4, -0.2) is 16.2 Å². The van der Waals surface area contributed by atoms with Crippen LogP contribution in [0, 0.1) is 0 Å². The van der Waals surface area contributed by atoms with E-state index in [2.05, 4.69) is 5.16 Å². The molecule has 1 atom stereocenters. The van der Waals surface area contributed by atoms with Crippen LogP contribution in [-0.2, 0) is 24.2 Å². The molecule has 37 heavy (non-hydrogen) atoms. The number of carbonyl (C=O) groups is 1. The Morgan fingerprint density at radius 2 is 1.86 bits per heavy atom. The van der Waals surface area contributed by atoms with E-state index in [1.807, 2.05) is 30.3 Å². The van der Waals surface area contributed by atoms with E-state index in [1.165, 1.54) is 18.4 Å². The Bertz CT molecular complexity index is 1410. The quantitative estimate of drug-likeness (QED) is 0.294. The molecule has 190 valence electrons. The number of fused-ring (bicyclic) bond motifs is 2. The second-order valence-electron chi connectivity index (χ2n) is 8.76. The second kappa shape index (κ2) is 10.0. The summed E-state index contributed by atoms with van der Waals surface area (Å²) in [6, 6.07) is 17.9. The Hall–Kier alpha value is -4.27. The Balaban J connectivity index is 1.32. The molecule has 0 fully saturated rings. The summed E-state index contributed by atoms with van der Waals surface area (Å²) in [6.07, 6.45) is -2.54. The number of benzene rings is 3. The van der Waals surface area contributed by atoms with Gasteiger partial charge in [0.25, 0.3) is 0 Å². The van der Waals surface area contributed by atoms with E-state index in [4.69, 9.17) is 14.0 Å². The van der Waals surface area contributed by atoms with Crippen molar-refractivity contribution >= 4 is 5.97 Å². The number of rotatable bonds is 7. The summed E-state index contributed by atoms with van der Waals surface area (Å²) < 4.78 is 55.6. The Morgan fingerprint density at radius 3 is 2.62 bits per heavy atom. The van der Waals surface area contributed by atoms with Crippen molar-refractivity contribution in [1.29, 1.82) is 0 Å². The summed E-state index contributed by atoms with van der Waals surface area (Å²) in [4.78, 5) is 11.2. The Labute approximate surface area is 210 Å². The Morgan fingerprint density at radius 1 is 1.05 bits per heavy atom. The smallest absolute Gasteiger partial charge is 0.416 e. The first-order valence-corrected chi connectivity index (χ1v) is 11.6. The van der Waals surface area contributed by atoms with Crippen LogP contribution in [0.25, 0.3) is 11.1 Å². The van der Waals surface area contributed by atoms with Crippen LogP contribution in [0.1, 0.15) is 46.7 Å². The largest absolute Gasteiger partial charge is 0.489 e. The van der Waals surface area contributed by atoms with Gasteiger partial charge in [-0.25, -0.2) is 0 Å². The topological polar surface area (TPSA) is 81.8 Å². The zero-order valence-corrected chi connectivity index (χ0v) is 19.5. The molecule has 0 radical (unpaired) electrons. The number of halogens is 3. The monoisotopic (exact) mass is 509 g/mol. The average molecular weight is 509 g/mol. The lowest BCUT2D eigenvalue weighted by Crippen LogP contribution is -2.06. The molecule has 3 aromatic carbocycles. The van der Waals surface area contributed by atoms with Crippen molar-refractivity contribution in [2.45, 2.75) is 38.1 Å². The number of nitrogens with zero attached hydrogens (tertiary/aromatic N) is 1. The maximum absolute atomic E-state index is 12.9. The molecule has 4 aromatic rings. The lowest BCUT2D eigenvalue weighted by molar-refractivity contribution is -0.138. The summed E-state index contributed by atoms with van der Waals surface area (Å²) in [5.41, 5.74) is 3.87. The van der Waals surface area contributed by atoms with Crippen molar-refractivity contribution in [2.24, 2.45) is 0 Å². The number of carboxylic acids is 1. The molecule has 0 aliphatic carbocycles. The van der Waals surface area contributed by atoms with E-state index in [-0.39, 0.29) is 25.6 Å². The number of hydrogen-bond acceptors (Lipinski definition) is 5. The SMILES string of the molecule is O=C(O)CCC1c2ccc(OCc3cccc(-c4ccc(C(F)(F)F)cc4)c3)cc2OCc2conc21. The van der Waals surface area contributed by atoms with Crippen LogP contribution in [0.4, 0.5) is 13.2 Å². The normalized spacial score (nSPS) is 14.7. The van der Waals surface area contributed by atoms with Gasteiger partial charge in [0.2, 0.25) is 0 Å². The fraction of sp³-hybridized carbons (Fsp3) is 0.214. The van der Waals surface area contributed by atoms with Crippen molar-refractivity contribution < 1.29 is 37.1 Å². The molecule has 1 aliphatic heterocycles. The summed E-state index contributed by atoms with van der Waals surface area (Å²) in [5.74, 6) is -0.0219. The fourth-order valence-electron chi connectivity index (χ4n) is 4.40. The molecule has 6 nitrogen and oxygen atoms in total. The zero-order valence-electron chi connectivity index (χ0n) is 19.5. The molecule has 2 heterocycles. The van der Waals surface area contributed by atoms with Crippen LogP contribution in [0.5, 0.6) is 11.5 Å². The van der Waals surface area contributed by atoms with E-state index in [1.54, 1.807) is 12.1 Å². The molecular weight excluding hydrogens is 487 g/mol. The molecule has 5 rings (SSSR count). The molecule has 0 saturated carbocycles. The molecule has 1 N–H and O–H groups in total. The maximum Gasteiger partial charge on any atom is 0.416 e. The summed E-state index contributed by atoms with van der Waals surface area (Å²) >= 11 is 0. The first kappa shape index (κ1) is 24.4. The zero-order chi connectivity index (χ0) is 26.0. The standard InChI is InChI=1S/C28H22F3NO5/c29-28(30,31)21-6-4-18(5-7-21)19-3-1-2-17(12-19)14-35-22-8-9-23-24(10-11-26(33)34)27-20(16-37-32-27)15-36-25(23)13-22/h1-9,12-13,16,24H,10-11,14-15H2,(H,33,34). The number of aromatic nitrogens is 1. The van der Waals surface area contributed by atoms with Gasteiger partial charge in [0.15, 0.2) is 0 Å². The van der Waals surface area contributed by atoms with E-state index >= 15 is 0 Å². The first-order valence-electron chi connectivity index (χ1n) is 11.6. The van der Waals surface area contributed by atoms with Crippen molar-refractivity contribution in [2.75, 3.05) is 0 Å². The van der Waals surface area contributed by atoms with Crippen molar-refractivity contribution in [1.82, 2.24) is 5.16 Å². The highest BCUT2D eigenvalue weighted by atomic mass is 19.4.